The van der Waals surface area contributed by atoms with Crippen LogP contribution in [0.15, 0.2) is 0 Å². The number of hydrogen-bond donors (Lipinski definition) is 1. The number of rotatable bonds is 7. The average Bonchev–Trinajstić information content (AvgIpc) is 2.76. The molecule has 1 saturated carbocycles. The van der Waals surface area contributed by atoms with Gasteiger partial charge >= 0.3 is 5.97 Å². The quantitative estimate of drug-likeness (QED) is 0.709. The van der Waals surface area contributed by atoms with Gasteiger partial charge in [0.15, 0.2) is 0 Å². The molecule has 2 heteroatoms. The molecule has 0 saturated heterocycles. The van der Waals surface area contributed by atoms with Crippen LogP contribution in [0.1, 0.15) is 65.2 Å². The predicted molar refractivity (Wildman–Crippen MR) is 66.4 cm³/mol. The Morgan fingerprint density at radius 1 is 1.38 bits per heavy atom. The van der Waals surface area contributed by atoms with E-state index in [-0.39, 0.29) is 5.92 Å². The van der Waals surface area contributed by atoms with Crippen molar-refractivity contribution in [3.63, 3.8) is 0 Å². The first-order valence-electron chi connectivity index (χ1n) is 6.86. The predicted octanol–water partition coefficient (Wildman–Crippen LogP) is 4.09. The average molecular weight is 226 g/mol. The molecule has 2 atom stereocenters. The molecule has 16 heavy (non-hydrogen) atoms. The Labute approximate surface area is 99.4 Å². The Kier molecular flexibility index (Phi) is 5.86. The third-order valence-corrected chi connectivity index (χ3v) is 4.14. The van der Waals surface area contributed by atoms with E-state index in [9.17, 15) is 4.79 Å². The van der Waals surface area contributed by atoms with Gasteiger partial charge in [0.05, 0.1) is 5.92 Å². The van der Waals surface area contributed by atoms with Gasteiger partial charge in [0, 0.05) is 0 Å². The molecule has 1 fully saturated rings. The van der Waals surface area contributed by atoms with Crippen LogP contribution in [0.25, 0.3) is 0 Å². The molecule has 0 aromatic rings. The molecule has 2 nitrogen and oxygen atoms in total. The van der Waals surface area contributed by atoms with Crippen LogP contribution in [-0.2, 0) is 4.79 Å². The van der Waals surface area contributed by atoms with Crippen LogP contribution in [0.4, 0.5) is 0 Å². The summed E-state index contributed by atoms with van der Waals surface area (Å²) in [6.07, 6.45) is 10.2. The fraction of sp³-hybridized carbons (Fsp3) is 0.929. The van der Waals surface area contributed by atoms with Crippen molar-refractivity contribution < 1.29 is 9.90 Å². The lowest BCUT2D eigenvalue weighted by Gasteiger charge is -2.19. The van der Waals surface area contributed by atoms with E-state index in [2.05, 4.69) is 6.92 Å². The highest BCUT2D eigenvalue weighted by atomic mass is 16.4. The maximum atomic E-state index is 10.8. The zero-order chi connectivity index (χ0) is 12.0. The molecule has 0 aliphatic heterocycles. The van der Waals surface area contributed by atoms with E-state index in [0.717, 1.165) is 18.8 Å². The summed E-state index contributed by atoms with van der Waals surface area (Å²) in [6.45, 7) is 4.02. The van der Waals surface area contributed by atoms with E-state index in [1.54, 1.807) is 0 Å². The lowest BCUT2D eigenvalue weighted by atomic mass is 9.87. The highest BCUT2D eigenvalue weighted by molar-refractivity contribution is 5.69. The third kappa shape index (κ3) is 4.54. The number of carboxylic acids is 1. The lowest BCUT2D eigenvalue weighted by Crippen LogP contribution is -2.15. The van der Waals surface area contributed by atoms with Crippen molar-refractivity contribution in [2.45, 2.75) is 65.2 Å². The Balaban J connectivity index is 2.22. The van der Waals surface area contributed by atoms with Crippen LogP contribution in [0.5, 0.6) is 0 Å². The highest BCUT2D eigenvalue weighted by Gasteiger charge is 2.20. The van der Waals surface area contributed by atoms with Crippen molar-refractivity contribution >= 4 is 5.97 Å². The maximum Gasteiger partial charge on any atom is 0.306 e. The van der Waals surface area contributed by atoms with Crippen molar-refractivity contribution in [3.05, 3.63) is 0 Å². The van der Waals surface area contributed by atoms with E-state index in [0.29, 0.717) is 5.92 Å². The van der Waals surface area contributed by atoms with Gasteiger partial charge in [-0.1, -0.05) is 58.8 Å². The molecule has 1 aliphatic rings. The van der Waals surface area contributed by atoms with Crippen molar-refractivity contribution in [2.24, 2.45) is 17.8 Å². The first kappa shape index (κ1) is 13.5. The molecule has 0 radical (unpaired) electrons. The molecule has 0 amide bonds. The zero-order valence-corrected chi connectivity index (χ0v) is 10.7. The number of carboxylic acid groups (broad SMARTS) is 1. The van der Waals surface area contributed by atoms with Crippen LogP contribution in [0.3, 0.4) is 0 Å². The summed E-state index contributed by atoms with van der Waals surface area (Å²) in [5, 5.41) is 8.91. The van der Waals surface area contributed by atoms with E-state index >= 15 is 0 Å². The third-order valence-electron chi connectivity index (χ3n) is 4.14. The Morgan fingerprint density at radius 3 is 2.50 bits per heavy atom. The standard InChI is InChI=1S/C14H26O2/c1-3-12(10-11(2)14(15)16)8-9-13-6-4-5-7-13/h11-13H,3-10H2,1-2H3,(H,15,16). The summed E-state index contributed by atoms with van der Waals surface area (Å²) >= 11 is 0. The second kappa shape index (κ2) is 6.93. The fourth-order valence-electron chi connectivity index (χ4n) is 2.86. The Bertz CT molecular complexity index is 207. The normalized spacial score (nSPS) is 20.9. The van der Waals surface area contributed by atoms with Crippen molar-refractivity contribution in [1.82, 2.24) is 0 Å². The molecular formula is C14H26O2. The van der Waals surface area contributed by atoms with Gasteiger partial charge in [-0.2, -0.15) is 0 Å². The monoisotopic (exact) mass is 226 g/mol. The van der Waals surface area contributed by atoms with Crippen molar-refractivity contribution in [2.75, 3.05) is 0 Å². The summed E-state index contributed by atoms with van der Waals surface area (Å²) in [6, 6.07) is 0. The fourth-order valence-corrected chi connectivity index (χ4v) is 2.86. The SMILES string of the molecule is CCC(CCC1CCCC1)CC(C)C(=O)O. The number of aliphatic carboxylic acids is 1. The van der Waals surface area contributed by atoms with Crippen LogP contribution in [0.2, 0.25) is 0 Å². The topological polar surface area (TPSA) is 37.3 Å². The molecule has 1 aliphatic carbocycles. The lowest BCUT2D eigenvalue weighted by molar-refractivity contribution is -0.141. The molecule has 0 spiro atoms. The summed E-state index contributed by atoms with van der Waals surface area (Å²) in [5.74, 6) is 0.744. The smallest absolute Gasteiger partial charge is 0.306 e. The van der Waals surface area contributed by atoms with Gasteiger partial charge in [-0.3, -0.25) is 4.79 Å². The van der Waals surface area contributed by atoms with Crippen LogP contribution in [0, 0.1) is 17.8 Å². The van der Waals surface area contributed by atoms with Gasteiger partial charge in [-0.15, -0.1) is 0 Å². The van der Waals surface area contributed by atoms with E-state index < -0.39 is 5.97 Å². The molecule has 1 N–H and O–H groups in total. The van der Waals surface area contributed by atoms with Crippen molar-refractivity contribution in [1.29, 1.82) is 0 Å². The van der Waals surface area contributed by atoms with Gasteiger partial charge in [-0.25, -0.2) is 0 Å². The van der Waals surface area contributed by atoms with Gasteiger partial charge in [0.1, 0.15) is 0 Å². The van der Waals surface area contributed by atoms with E-state index in [1.807, 2.05) is 6.92 Å². The minimum absolute atomic E-state index is 0.173. The maximum absolute atomic E-state index is 10.8. The van der Waals surface area contributed by atoms with Gasteiger partial charge in [0.2, 0.25) is 0 Å². The van der Waals surface area contributed by atoms with Gasteiger partial charge < -0.3 is 5.11 Å². The van der Waals surface area contributed by atoms with Crippen LogP contribution in [-0.4, -0.2) is 11.1 Å². The van der Waals surface area contributed by atoms with Crippen LogP contribution < -0.4 is 0 Å². The molecule has 0 heterocycles. The highest BCUT2D eigenvalue weighted by Crippen LogP contribution is 2.31. The molecule has 2 unspecified atom stereocenters. The Hall–Kier alpha value is -0.530. The van der Waals surface area contributed by atoms with Crippen LogP contribution >= 0.6 is 0 Å². The van der Waals surface area contributed by atoms with Crippen molar-refractivity contribution in [3.8, 4) is 0 Å². The molecule has 1 rings (SSSR count). The zero-order valence-electron chi connectivity index (χ0n) is 10.7. The van der Waals surface area contributed by atoms with Gasteiger partial charge in [-0.05, 0) is 18.3 Å². The molecule has 0 aromatic carbocycles. The minimum atomic E-state index is -0.640. The first-order chi connectivity index (χ1) is 7.63. The molecule has 0 aromatic heterocycles. The van der Waals surface area contributed by atoms with Gasteiger partial charge in [0.25, 0.3) is 0 Å². The Morgan fingerprint density at radius 2 is 2.00 bits per heavy atom. The summed E-state index contributed by atoms with van der Waals surface area (Å²) in [7, 11) is 0. The molecule has 94 valence electrons. The number of hydrogen-bond acceptors (Lipinski definition) is 1. The second-order valence-electron chi connectivity index (χ2n) is 5.48. The van der Waals surface area contributed by atoms with E-state index in [1.165, 1.54) is 38.5 Å². The first-order valence-corrected chi connectivity index (χ1v) is 6.86. The minimum Gasteiger partial charge on any atom is -0.481 e. The number of carbonyl (C=O) groups is 1. The second-order valence-corrected chi connectivity index (χ2v) is 5.48. The molecule has 0 bridgehead atoms. The van der Waals surface area contributed by atoms with E-state index in [4.69, 9.17) is 5.11 Å². The summed E-state index contributed by atoms with van der Waals surface area (Å²) in [5.41, 5.74) is 0. The summed E-state index contributed by atoms with van der Waals surface area (Å²) < 4.78 is 0. The summed E-state index contributed by atoms with van der Waals surface area (Å²) in [4.78, 5) is 10.8. The molecular weight excluding hydrogens is 200 g/mol. The largest absolute Gasteiger partial charge is 0.481 e.